The maximum absolute atomic E-state index is 13.3. The Kier molecular flexibility index (Phi) is 4.92. The molecule has 164 valence electrons. The molecular weight excluding hydrogens is 402 g/mol. The first-order valence-corrected chi connectivity index (χ1v) is 11.9. The van der Waals surface area contributed by atoms with Gasteiger partial charge >= 0.3 is 5.97 Å². The van der Waals surface area contributed by atoms with E-state index in [-0.39, 0.29) is 28.0 Å². The van der Waals surface area contributed by atoms with Crippen LogP contribution in [0.1, 0.15) is 77.6 Å². The zero-order chi connectivity index (χ0) is 21.1. The number of rotatable bonds is 5. The van der Waals surface area contributed by atoms with Crippen LogP contribution < -0.4 is 10.9 Å². The Bertz CT molecular complexity index is 891. The highest BCUT2D eigenvalue weighted by atomic mass is 35.5. The van der Waals surface area contributed by atoms with Crippen molar-refractivity contribution in [3.05, 3.63) is 21.6 Å². The number of hydrogen-bond donors (Lipinski definition) is 2. The van der Waals surface area contributed by atoms with Crippen molar-refractivity contribution in [2.45, 2.75) is 89.1 Å². The van der Waals surface area contributed by atoms with Crippen LogP contribution in [0.25, 0.3) is 0 Å². The van der Waals surface area contributed by atoms with Crippen LogP contribution in [0.3, 0.4) is 0 Å². The molecule has 0 spiro atoms. The molecule has 5 fully saturated rings. The first-order valence-electron chi connectivity index (χ1n) is 11.5. The number of nitrogens with zero attached hydrogens (tertiary/aromatic N) is 2. The summed E-state index contributed by atoms with van der Waals surface area (Å²) in [5.74, 6) is 1.01. The van der Waals surface area contributed by atoms with Gasteiger partial charge in [0.05, 0.1) is 23.8 Å². The predicted molar refractivity (Wildman–Crippen MR) is 116 cm³/mol. The van der Waals surface area contributed by atoms with E-state index in [0.29, 0.717) is 23.6 Å². The lowest BCUT2D eigenvalue weighted by Crippen LogP contribution is -2.59. The Morgan fingerprint density at radius 3 is 2.53 bits per heavy atom. The van der Waals surface area contributed by atoms with Gasteiger partial charge in [-0.2, -0.15) is 5.10 Å². The third kappa shape index (κ3) is 3.45. The molecule has 0 radical (unpaired) electrons. The van der Waals surface area contributed by atoms with Crippen molar-refractivity contribution in [3.63, 3.8) is 0 Å². The molecule has 0 saturated heterocycles. The van der Waals surface area contributed by atoms with Crippen molar-refractivity contribution in [3.8, 4) is 0 Å². The normalized spacial score (nSPS) is 39.8. The molecule has 0 aromatic carbocycles. The monoisotopic (exact) mass is 433 g/mol. The van der Waals surface area contributed by atoms with Crippen LogP contribution in [0.2, 0.25) is 5.02 Å². The van der Waals surface area contributed by atoms with E-state index in [0.717, 1.165) is 57.3 Å². The maximum atomic E-state index is 13.3. The molecule has 1 aromatic heterocycles. The third-order valence-electron chi connectivity index (χ3n) is 8.42. The zero-order valence-corrected chi connectivity index (χ0v) is 18.5. The molecule has 2 N–H and O–H groups in total. The van der Waals surface area contributed by atoms with E-state index >= 15 is 0 Å². The molecular formula is C23H32ClN3O3. The predicted octanol–water partition coefficient (Wildman–Crippen LogP) is 4.66. The number of anilines is 1. The summed E-state index contributed by atoms with van der Waals surface area (Å²) >= 11 is 6.58. The molecule has 5 aliphatic carbocycles. The lowest BCUT2D eigenvalue weighted by Gasteiger charge is -2.61. The second-order valence-corrected chi connectivity index (χ2v) is 11.3. The number of hydrogen-bond acceptors (Lipinski definition) is 4. The van der Waals surface area contributed by atoms with E-state index in [9.17, 15) is 14.7 Å². The van der Waals surface area contributed by atoms with Crippen LogP contribution >= 0.6 is 11.6 Å². The first kappa shape index (κ1) is 20.3. The highest BCUT2D eigenvalue weighted by Crippen LogP contribution is 2.65. The minimum Gasteiger partial charge on any atom is -0.481 e. The van der Waals surface area contributed by atoms with Crippen molar-refractivity contribution in [1.29, 1.82) is 0 Å². The Labute approximate surface area is 182 Å². The fraction of sp³-hybridized carbons (Fsp3) is 0.783. The molecule has 0 unspecified atom stereocenters. The maximum Gasteiger partial charge on any atom is 0.303 e. The fourth-order valence-electron chi connectivity index (χ4n) is 7.67. The first-order chi connectivity index (χ1) is 14.3. The van der Waals surface area contributed by atoms with Crippen LogP contribution in [0.5, 0.6) is 0 Å². The van der Waals surface area contributed by atoms with Gasteiger partial charge in [0.2, 0.25) is 0 Å². The Morgan fingerprint density at radius 1 is 1.23 bits per heavy atom. The van der Waals surface area contributed by atoms with Gasteiger partial charge < -0.3 is 10.4 Å². The largest absolute Gasteiger partial charge is 0.481 e. The van der Waals surface area contributed by atoms with Gasteiger partial charge in [-0.25, -0.2) is 4.68 Å². The zero-order valence-electron chi connectivity index (χ0n) is 17.7. The topological polar surface area (TPSA) is 84.2 Å². The van der Waals surface area contributed by atoms with E-state index < -0.39 is 5.97 Å². The van der Waals surface area contributed by atoms with Crippen molar-refractivity contribution in [2.75, 3.05) is 5.32 Å². The van der Waals surface area contributed by atoms with Gasteiger partial charge in [-0.1, -0.05) is 18.5 Å². The molecule has 1 heterocycles. The highest BCUT2D eigenvalue weighted by molar-refractivity contribution is 6.32. The van der Waals surface area contributed by atoms with Crippen molar-refractivity contribution in [1.82, 2.24) is 9.78 Å². The summed E-state index contributed by atoms with van der Waals surface area (Å²) in [6, 6.07) is 0.342. The summed E-state index contributed by atoms with van der Waals surface area (Å²) in [7, 11) is 0. The molecule has 6 rings (SSSR count). The van der Waals surface area contributed by atoms with Gasteiger partial charge in [0, 0.05) is 6.04 Å². The molecule has 4 bridgehead atoms. The van der Waals surface area contributed by atoms with Crippen LogP contribution in [0.15, 0.2) is 11.0 Å². The number of nitrogens with one attached hydrogen (secondary N) is 1. The summed E-state index contributed by atoms with van der Waals surface area (Å²) in [6.07, 6.45) is 12.2. The molecule has 2 atom stereocenters. The molecule has 5 saturated carbocycles. The quantitative estimate of drug-likeness (QED) is 0.705. The highest BCUT2D eigenvalue weighted by Gasteiger charge is 2.59. The Morgan fingerprint density at radius 2 is 1.90 bits per heavy atom. The van der Waals surface area contributed by atoms with Gasteiger partial charge in [0.1, 0.15) is 5.02 Å². The molecule has 1 aromatic rings. The molecule has 6 nitrogen and oxygen atoms in total. The summed E-state index contributed by atoms with van der Waals surface area (Å²) < 4.78 is 1.64. The number of aliphatic carboxylic acids is 1. The molecule has 5 aliphatic rings. The van der Waals surface area contributed by atoms with Gasteiger partial charge in [-0.05, 0) is 87.4 Å². The number of carboxylic acid groups (broad SMARTS) is 1. The number of aromatic nitrogens is 2. The minimum absolute atomic E-state index is 0.195. The summed E-state index contributed by atoms with van der Waals surface area (Å²) in [5.41, 5.74) is -0.154. The van der Waals surface area contributed by atoms with E-state index in [2.05, 4.69) is 17.3 Å². The van der Waals surface area contributed by atoms with Crippen LogP contribution in [0, 0.1) is 23.2 Å². The summed E-state index contributed by atoms with van der Waals surface area (Å²) in [4.78, 5) is 24.9. The van der Waals surface area contributed by atoms with Crippen LogP contribution in [-0.2, 0) is 10.3 Å². The second kappa shape index (κ2) is 7.25. The van der Waals surface area contributed by atoms with E-state index in [1.54, 1.807) is 10.9 Å². The van der Waals surface area contributed by atoms with Gasteiger partial charge in [-0.3, -0.25) is 9.59 Å². The molecule has 0 amide bonds. The number of carboxylic acids is 1. The Hall–Kier alpha value is -1.56. The van der Waals surface area contributed by atoms with E-state index in [4.69, 9.17) is 11.6 Å². The molecule has 0 aliphatic heterocycles. The average Bonchev–Trinajstić information content (AvgIpc) is 2.65. The van der Waals surface area contributed by atoms with Crippen molar-refractivity contribution < 1.29 is 9.90 Å². The van der Waals surface area contributed by atoms with Crippen molar-refractivity contribution >= 4 is 23.3 Å². The number of halogens is 1. The Balaban J connectivity index is 1.43. The standard InChI is InChI=1S/C23H32ClN3O3/c1-14-2-4-17(5-3-14)26-18-12-25-27(21(30)20(18)24)23-9-15-6-16(10-23)8-22(7-15,13-23)11-19(28)29/h12,14-17,26H,2-11,13H2,1H3,(H,28,29)/t14?,15-,16-,17?,22?,23?/m0/s1. The van der Waals surface area contributed by atoms with Crippen LogP contribution in [0.4, 0.5) is 5.69 Å². The fourth-order valence-corrected chi connectivity index (χ4v) is 7.86. The van der Waals surface area contributed by atoms with Gasteiger partial charge in [0.25, 0.3) is 5.56 Å². The molecule has 30 heavy (non-hydrogen) atoms. The summed E-state index contributed by atoms with van der Waals surface area (Å²) in [6.45, 7) is 2.29. The third-order valence-corrected chi connectivity index (χ3v) is 8.79. The summed E-state index contributed by atoms with van der Waals surface area (Å²) in [5, 5.41) is 17.8. The second-order valence-electron chi connectivity index (χ2n) is 10.9. The van der Waals surface area contributed by atoms with Gasteiger partial charge in [-0.15, -0.1) is 0 Å². The molecule has 7 heteroatoms. The lowest BCUT2D eigenvalue weighted by molar-refractivity contribution is -0.151. The van der Waals surface area contributed by atoms with Gasteiger partial charge in [0.15, 0.2) is 0 Å². The average molecular weight is 434 g/mol. The number of carbonyl (C=O) groups is 1. The van der Waals surface area contributed by atoms with E-state index in [1.165, 1.54) is 12.8 Å². The smallest absolute Gasteiger partial charge is 0.303 e. The lowest BCUT2D eigenvalue weighted by atomic mass is 9.46. The SMILES string of the molecule is CC1CCC(Nc2cnn(C34C[C@H]5C[C@@H](CC(CC(=O)O)(C5)C3)C4)c(=O)c2Cl)CC1. The minimum atomic E-state index is -0.730. The van der Waals surface area contributed by atoms with E-state index in [1.807, 2.05) is 0 Å². The van der Waals surface area contributed by atoms with Crippen molar-refractivity contribution in [2.24, 2.45) is 23.2 Å². The van der Waals surface area contributed by atoms with Crippen LogP contribution in [-0.4, -0.2) is 26.9 Å².